The second kappa shape index (κ2) is 3.77. The van der Waals surface area contributed by atoms with Gasteiger partial charge in [-0.25, -0.2) is 0 Å². The zero-order valence-electron chi connectivity index (χ0n) is 7.68. The Kier molecular flexibility index (Phi) is 2.94. The Morgan fingerprint density at radius 3 is 2.82 bits per heavy atom. The molecule has 0 unspecified atom stereocenters. The molecule has 0 radical (unpaired) electrons. The summed E-state index contributed by atoms with van der Waals surface area (Å²) in [6.45, 7) is 4.36. The molecule has 2 nitrogen and oxygen atoms in total. The van der Waals surface area contributed by atoms with E-state index >= 15 is 0 Å². The molecule has 0 fully saturated rings. The van der Waals surface area contributed by atoms with Crippen LogP contribution < -0.4 is 0 Å². The minimum Gasteiger partial charge on any atom is -0.500 e. The van der Waals surface area contributed by atoms with Crippen molar-refractivity contribution in [3.63, 3.8) is 0 Å². The molecule has 0 saturated carbocycles. The Bertz CT molecular complexity index is 163. The predicted octanol–water partition coefficient (Wildman–Crippen LogP) is 1.63. The number of rotatable bonds is 2. The van der Waals surface area contributed by atoms with Gasteiger partial charge in [-0.3, -0.25) is 4.90 Å². The van der Waals surface area contributed by atoms with E-state index in [1.54, 1.807) is 7.11 Å². The van der Waals surface area contributed by atoms with E-state index in [1.807, 2.05) is 0 Å². The van der Waals surface area contributed by atoms with Gasteiger partial charge in [0.15, 0.2) is 0 Å². The summed E-state index contributed by atoms with van der Waals surface area (Å²) in [4.78, 5) is 2.29. The molecule has 64 valence electrons. The molecule has 0 saturated heterocycles. The molecule has 2 heteroatoms. The fraction of sp³-hybridized carbons (Fsp3) is 0.778. The number of nitrogens with zero attached hydrogens (tertiary/aromatic N) is 1. The maximum Gasteiger partial charge on any atom is 0.109 e. The van der Waals surface area contributed by atoms with Crippen molar-refractivity contribution in [2.24, 2.45) is 0 Å². The van der Waals surface area contributed by atoms with Crippen LogP contribution in [0.15, 0.2) is 11.3 Å². The van der Waals surface area contributed by atoms with Crippen LogP contribution in [0.25, 0.3) is 0 Å². The zero-order chi connectivity index (χ0) is 8.27. The molecule has 11 heavy (non-hydrogen) atoms. The first-order chi connectivity index (χ1) is 5.27. The first-order valence-corrected chi connectivity index (χ1v) is 4.21. The van der Waals surface area contributed by atoms with Gasteiger partial charge in [0.1, 0.15) is 5.76 Å². The van der Waals surface area contributed by atoms with Crippen LogP contribution in [0.5, 0.6) is 0 Å². The van der Waals surface area contributed by atoms with Gasteiger partial charge in [-0.2, -0.15) is 0 Å². The van der Waals surface area contributed by atoms with Gasteiger partial charge in [0.2, 0.25) is 0 Å². The molecular formula is C9H17NO. The predicted molar refractivity (Wildman–Crippen MR) is 46.4 cm³/mol. The molecule has 0 aromatic carbocycles. The van der Waals surface area contributed by atoms with Crippen molar-refractivity contribution in [3.05, 3.63) is 11.3 Å². The summed E-state index contributed by atoms with van der Waals surface area (Å²) in [5, 5.41) is 0. The van der Waals surface area contributed by atoms with Crippen molar-refractivity contribution >= 4 is 0 Å². The Morgan fingerprint density at radius 2 is 2.27 bits per heavy atom. The Labute approximate surface area is 68.8 Å². The minimum absolute atomic E-state index is 0.986. The number of methoxy groups -OCH3 is 1. The highest BCUT2D eigenvalue weighted by molar-refractivity contribution is 5.13. The summed E-state index contributed by atoms with van der Waals surface area (Å²) >= 11 is 0. The second-order valence-corrected chi connectivity index (χ2v) is 3.07. The van der Waals surface area contributed by atoms with Crippen LogP contribution in [0, 0.1) is 0 Å². The average molecular weight is 155 g/mol. The van der Waals surface area contributed by atoms with Crippen LogP contribution in [0.3, 0.4) is 0 Å². The van der Waals surface area contributed by atoms with Crippen molar-refractivity contribution in [1.82, 2.24) is 4.90 Å². The van der Waals surface area contributed by atoms with E-state index in [2.05, 4.69) is 18.9 Å². The summed E-state index contributed by atoms with van der Waals surface area (Å²) in [5.74, 6) is 1.18. The highest BCUT2D eigenvalue weighted by atomic mass is 16.5. The average Bonchev–Trinajstić information content (AvgIpc) is 2.04. The molecule has 0 spiro atoms. The highest BCUT2D eigenvalue weighted by Crippen LogP contribution is 2.19. The van der Waals surface area contributed by atoms with E-state index in [1.165, 1.54) is 24.3 Å². The Balaban J connectivity index is 2.67. The van der Waals surface area contributed by atoms with Gasteiger partial charge in [-0.15, -0.1) is 0 Å². The smallest absolute Gasteiger partial charge is 0.109 e. The summed E-state index contributed by atoms with van der Waals surface area (Å²) in [6, 6.07) is 0. The lowest BCUT2D eigenvalue weighted by atomic mass is 10.0. The van der Waals surface area contributed by atoms with Crippen LogP contribution >= 0.6 is 0 Å². The number of ether oxygens (including phenoxy) is 1. The molecule has 0 aromatic heterocycles. The first-order valence-electron chi connectivity index (χ1n) is 4.21. The summed E-state index contributed by atoms with van der Waals surface area (Å²) in [5.41, 5.74) is 1.49. The normalized spacial score (nSPS) is 20.6. The van der Waals surface area contributed by atoms with Crippen LogP contribution in [0.1, 0.15) is 19.8 Å². The highest BCUT2D eigenvalue weighted by Gasteiger charge is 2.14. The molecule has 1 aliphatic rings. The Hall–Kier alpha value is -0.500. The van der Waals surface area contributed by atoms with Crippen LogP contribution in [0.2, 0.25) is 0 Å². The van der Waals surface area contributed by atoms with E-state index in [4.69, 9.17) is 4.74 Å². The molecule has 0 amide bonds. The zero-order valence-corrected chi connectivity index (χ0v) is 7.68. The van der Waals surface area contributed by atoms with Gasteiger partial charge in [-0.05, 0) is 25.5 Å². The lowest BCUT2D eigenvalue weighted by Crippen LogP contribution is -2.28. The summed E-state index contributed by atoms with van der Waals surface area (Å²) in [6.07, 6.45) is 2.31. The fourth-order valence-electron chi connectivity index (χ4n) is 1.48. The molecule has 0 bridgehead atoms. The monoisotopic (exact) mass is 155 g/mol. The molecule has 0 aliphatic carbocycles. The summed E-state index contributed by atoms with van der Waals surface area (Å²) in [7, 11) is 3.90. The van der Waals surface area contributed by atoms with E-state index in [0.29, 0.717) is 0 Å². The van der Waals surface area contributed by atoms with Crippen molar-refractivity contribution < 1.29 is 4.74 Å². The van der Waals surface area contributed by atoms with Gasteiger partial charge in [0.25, 0.3) is 0 Å². The quantitative estimate of drug-likeness (QED) is 0.601. The Morgan fingerprint density at radius 1 is 1.55 bits per heavy atom. The second-order valence-electron chi connectivity index (χ2n) is 3.07. The van der Waals surface area contributed by atoms with Crippen LogP contribution in [-0.4, -0.2) is 32.1 Å². The van der Waals surface area contributed by atoms with Crippen molar-refractivity contribution in [1.29, 1.82) is 0 Å². The van der Waals surface area contributed by atoms with Gasteiger partial charge < -0.3 is 4.74 Å². The van der Waals surface area contributed by atoms with E-state index in [9.17, 15) is 0 Å². The van der Waals surface area contributed by atoms with E-state index < -0.39 is 0 Å². The molecule has 1 aliphatic heterocycles. The third-order valence-electron chi connectivity index (χ3n) is 2.28. The van der Waals surface area contributed by atoms with Crippen molar-refractivity contribution in [2.75, 3.05) is 27.2 Å². The molecule has 0 aromatic rings. The molecule has 0 atom stereocenters. The van der Waals surface area contributed by atoms with Crippen molar-refractivity contribution in [2.45, 2.75) is 19.8 Å². The molecule has 1 rings (SSSR count). The van der Waals surface area contributed by atoms with Crippen LogP contribution in [-0.2, 0) is 4.74 Å². The van der Waals surface area contributed by atoms with Crippen LogP contribution in [0.4, 0.5) is 0 Å². The number of likely N-dealkylation sites (N-methyl/N-ethyl adjacent to an activating group) is 1. The first kappa shape index (κ1) is 8.60. The van der Waals surface area contributed by atoms with Gasteiger partial charge in [0.05, 0.1) is 13.7 Å². The lowest BCUT2D eigenvalue weighted by Gasteiger charge is -2.26. The number of hydrogen-bond donors (Lipinski definition) is 0. The lowest BCUT2D eigenvalue weighted by molar-refractivity contribution is 0.212. The van der Waals surface area contributed by atoms with E-state index in [-0.39, 0.29) is 0 Å². The topological polar surface area (TPSA) is 12.5 Å². The molecular weight excluding hydrogens is 138 g/mol. The van der Waals surface area contributed by atoms with Gasteiger partial charge >= 0.3 is 0 Å². The van der Waals surface area contributed by atoms with Gasteiger partial charge in [-0.1, -0.05) is 6.92 Å². The summed E-state index contributed by atoms with van der Waals surface area (Å²) < 4.78 is 5.30. The fourth-order valence-corrected chi connectivity index (χ4v) is 1.48. The maximum atomic E-state index is 5.30. The standard InChI is InChI=1S/C9H17NO/c1-4-8-5-6-10(2)7-9(8)11-3/h4-7H2,1-3H3. The maximum absolute atomic E-state index is 5.30. The van der Waals surface area contributed by atoms with E-state index in [0.717, 1.165) is 13.0 Å². The molecule has 0 N–H and O–H groups in total. The third kappa shape index (κ3) is 1.96. The minimum atomic E-state index is 0.986. The third-order valence-corrected chi connectivity index (χ3v) is 2.28. The SMILES string of the molecule is CCC1=C(OC)CN(C)CC1. The van der Waals surface area contributed by atoms with Gasteiger partial charge in [0, 0.05) is 6.54 Å². The number of hydrogen-bond acceptors (Lipinski definition) is 2. The molecule has 1 heterocycles. The largest absolute Gasteiger partial charge is 0.500 e. The van der Waals surface area contributed by atoms with Crippen molar-refractivity contribution in [3.8, 4) is 0 Å².